The lowest BCUT2D eigenvalue weighted by molar-refractivity contribution is -0.129. The molecule has 120 valence electrons. The van der Waals surface area contributed by atoms with Gasteiger partial charge in [-0.1, -0.05) is 6.92 Å². The van der Waals surface area contributed by atoms with Crippen LogP contribution in [0.5, 0.6) is 0 Å². The summed E-state index contributed by atoms with van der Waals surface area (Å²) in [5, 5.41) is 0. The van der Waals surface area contributed by atoms with Crippen LogP contribution in [0.1, 0.15) is 50.5 Å². The highest BCUT2D eigenvalue weighted by atomic mass is 16.5. The second-order valence-electron chi connectivity index (χ2n) is 6.36. The van der Waals surface area contributed by atoms with Crippen LogP contribution in [0.15, 0.2) is 6.33 Å². The minimum Gasteiger partial charge on any atom is -0.375 e. The zero-order valence-electron chi connectivity index (χ0n) is 13.7. The van der Waals surface area contributed by atoms with Crippen molar-refractivity contribution < 1.29 is 9.53 Å². The molecule has 2 aliphatic rings. The van der Waals surface area contributed by atoms with Gasteiger partial charge in [-0.05, 0) is 19.3 Å². The van der Waals surface area contributed by atoms with E-state index >= 15 is 0 Å². The standard InChI is InChI=1S/C16H24N4O2/c1-10-7-13(22-4)15-14(10)16(18-9-17-15)20-6-5-19(12(3)21)8-11(20)2/h9-11,13H,5-8H2,1-4H3/t10-,11+,13-/m1/s1. The molecule has 1 saturated heterocycles. The van der Waals surface area contributed by atoms with Gasteiger partial charge in [0.05, 0.1) is 5.69 Å². The summed E-state index contributed by atoms with van der Waals surface area (Å²) in [6.45, 7) is 8.31. The number of carbonyl (C=O) groups is 1. The van der Waals surface area contributed by atoms with Crippen LogP contribution in [0.4, 0.5) is 5.82 Å². The zero-order chi connectivity index (χ0) is 15.9. The number of methoxy groups -OCH3 is 1. The van der Waals surface area contributed by atoms with Crippen molar-refractivity contribution >= 4 is 11.7 Å². The predicted molar refractivity (Wildman–Crippen MR) is 83.9 cm³/mol. The van der Waals surface area contributed by atoms with Crippen molar-refractivity contribution in [1.29, 1.82) is 0 Å². The zero-order valence-corrected chi connectivity index (χ0v) is 13.7. The molecule has 0 radical (unpaired) electrons. The molecule has 22 heavy (non-hydrogen) atoms. The highest BCUT2D eigenvalue weighted by Crippen LogP contribution is 2.44. The van der Waals surface area contributed by atoms with E-state index in [1.165, 1.54) is 5.56 Å². The van der Waals surface area contributed by atoms with Crippen LogP contribution >= 0.6 is 0 Å². The van der Waals surface area contributed by atoms with Crippen molar-refractivity contribution in [1.82, 2.24) is 14.9 Å². The second kappa shape index (κ2) is 5.83. The number of fused-ring (bicyclic) bond motifs is 1. The van der Waals surface area contributed by atoms with Crippen molar-refractivity contribution in [2.75, 3.05) is 31.6 Å². The van der Waals surface area contributed by atoms with Crippen molar-refractivity contribution in [2.24, 2.45) is 0 Å². The number of rotatable bonds is 2. The first-order valence-electron chi connectivity index (χ1n) is 7.92. The molecule has 1 aromatic heterocycles. The Labute approximate surface area is 131 Å². The molecule has 1 aliphatic carbocycles. The van der Waals surface area contributed by atoms with Gasteiger partial charge in [-0.25, -0.2) is 9.97 Å². The molecule has 6 heteroatoms. The van der Waals surface area contributed by atoms with Crippen LogP contribution in [0.25, 0.3) is 0 Å². The molecule has 0 N–H and O–H groups in total. The molecule has 3 rings (SSSR count). The van der Waals surface area contributed by atoms with E-state index < -0.39 is 0 Å². The van der Waals surface area contributed by atoms with Crippen LogP contribution in [-0.2, 0) is 9.53 Å². The van der Waals surface area contributed by atoms with E-state index in [2.05, 4.69) is 28.7 Å². The molecular weight excluding hydrogens is 280 g/mol. The number of hydrogen-bond acceptors (Lipinski definition) is 5. The van der Waals surface area contributed by atoms with Gasteiger partial charge in [0.2, 0.25) is 5.91 Å². The van der Waals surface area contributed by atoms with E-state index in [1.807, 2.05) is 4.90 Å². The maximum Gasteiger partial charge on any atom is 0.219 e. The number of nitrogens with zero attached hydrogens (tertiary/aromatic N) is 4. The topological polar surface area (TPSA) is 58.6 Å². The third kappa shape index (κ3) is 2.45. The molecule has 0 spiro atoms. The van der Waals surface area contributed by atoms with Crippen molar-refractivity contribution in [3.8, 4) is 0 Å². The third-order valence-corrected chi connectivity index (χ3v) is 4.89. The van der Waals surface area contributed by atoms with Gasteiger partial charge >= 0.3 is 0 Å². The van der Waals surface area contributed by atoms with E-state index in [-0.39, 0.29) is 18.1 Å². The van der Waals surface area contributed by atoms with Gasteiger partial charge in [0, 0.05) is 45.3 Å². The highest BCUT2D eigenvalue weighted by Gasteiger charge is 2.36. The van der Waals surface area contributed by atoms with E-state index in [9.17, 15) is 4.79 Å². The van der Waals surface area contributed by atoms with Gasteiger partial charge in [-0.2, -0.15) is 0 Å². The summed E-state index contributed by atoms with van der Waals surface area (Å²) < 4.78 is 5.56. The summed E-state index contributed by atoms with van der Waals surface area (Å²) in [5.74, 6) is 1.56. The van der Waals surface area contributed by atoms with Crippen LogP contribution in [-0.4, -0.2) is 53.6 Å². The molecule has 1 aromatic rings. The smallest absolute Gasteiger partial charge is 0.219 e. The number of hydrogen-bond donors (Lipinski definition) is 0. The maximum atomic E-state index is 11.6. The Morgan fingerprint density at radius 3 is 2.73 bits per heavy atom. The Kier molecular flexibility index (Phi) is 4.04. The van der Waals surface area contributed by atoms with Gasteiger partial charge in [-0.15, -0.1) is 0 Å². The Bertz CT molecular complexity index is 577. The quantitative estimate of drug-likeness (QED) is 0.833. The van der Waals surface area contributed by atoms with Gasteiger partial charge in [0.15, 0.2) is 0 Å². The van der Waals surface area contributed by atoms with Crippen LogP contribution < -0.4 is 4.90 Å². The average Bonchev–Trinajstić information content (AvgIpc) is 2.84. The first-order valence-corrected chi connectivity index (χ1v) is 7.92. The lowest BCUT2D eigenvalue weighted by Crippen LogP contribution is -2.53. The van der Waals surface area contributed by atoms with E-state index in [1.54, 1.807) is 20.4 Å². The Morgan fingerprint density at radius 1 is 1.32 bits per heavy atom. The Hall–Kier alpha value is -1.69. The first kappa shape index (κ1) is 15.2. The molecule has 0 saturated carbocycles. The lowest BCUT2D eigenvalue weighted by Gasteiger charge is -2.41. The molecule has 3 atom stereocenters. The summed E-state index contributed by atoms with van der Waals surface area (Å²) >= 11 is 0. The van der Waals surface area contributed by atoms with Crippen molar-refractivity contribution in [3.05, 3.63) is 17.6 Å². The molecule has 1 fully saturated rings. The SMILES string of the molecule is CO[C@@H]1C[C@@H](C)c2c1ncnc2N1CCN(C(C)=O)C[C@@H]1C. The third-order valence-electron chi connectivity index (χ3n) is 4.89. The molecular formula is C16H24N4O2. The van der Waals surface area contributed by atoms with Gasteiger partial charge in [-0.3, -0.25) is 4.79 Å². The number of carbonyl (C=O) groups excluding carboxylic acids is 1. The molecule has 0 bridgehead atoms. The summed E-state index contributed by atoms with van der Waals surface area (Å²) in [6.07, 6.45) is 2.67. The van der Waals surface area contributed by atoms with Crippen LogP contribution in [0.3, 0.4) is 0 Å². The molecule has 0 aromatic carbocycles. The van der Waals surface area contributed by atoms with Crippen LogP contribution in [0.2, 0.25) is 0 Å². The highest BCUT2D eigenvalue weighted by molar-refractivity contribution is 5.73. The minimum absolute atomic E-state index is 0.0700. The number of piperazine rings is 1. The summed E-state index contributed by atoms with van der Waals surface area (Å²) in [6, 6.07) is 0.255. The maximum absolute atomic E-state index is 11.6. The molecule has 1 amide bonds. The normalized spacial score (nSPS) is 27.9. The fraction of sp³-hybridized carbons (Fsp3) is 0.688. The number of amides is 1. The van der Waals surface area contributed by atoms with E-state index in [0.717, 1.165) is 37.6 Å². The molecule has 6 nitrogen and oxygen atoms in total. The fourth-order valence-electron chi connectivity index (χ4n) is 3.67. The minimum atomic E-state index is 0.0700. The second-order valence-corrected chi connectivity index (χ2v) is 6.36. The monoisotopic (exact) mass is 304 g/mol. The molecule has 1 aliphatic heterocycles. The van der Waals surface area contributed by atoms with Crippen LogP contribution in [0, 0.1) is 0 Å². The Balaban J connectivity index is 1.91. The lowest BCUT2D eigenvalue weighted by atomic mass is 10.0. The number of aromatic nitrogens is 2. The van der Waals surface area contributed by atoms with Crippen molar-refractivity contribution in [3.63, 3.8) is 0 Å². The summed E-state index contributed by atoms with van der Waals surface area (Å²) in [5.41, 5.74) is 2.25. The predicted octanol–water partition coefficient (Wildman–Crippen LogP) is 1.73. The van der Waals surface area contributed by atoms with Gasteiger partial charge in [0.1, 0.15) is 18.2 Å². The van der Waals surface area contributed by atoms with E-state index in [4.69, 9.17) is 4.74 Å². The Morgan fingerprint density at radius 2 is 2.09 bits per heavy atom. The van der Waals surface area contributed by atoms with E-state index in [0.29, 0.717) is 5.92 Å². The first-order chi connectivity index (χ1) is 10.5. The van der Waals surface area contributed by atoms with Gasteiger partial charge in [0.25, 0.3) is 0 Å². The van der Waals surface area contributed by atoms with Crippen molar-refractivity contribution in [2.45, 2.75) is 45.3 Å². The largest absolute Gasteiger partial charge is 0.375 e. The average molecular weight is 304 g/mol. The summed E-state index contributed by atoms with van der Waals surface area (Å²) in [4.78, 5) is 24.8. The number of ether oxygens (including phenoxy) is 1. The van der Waals surface area contributed by atoms with Gasteiger partial charge < -0.3 is 14.5 Å². The fourth-order valence-corrected chi connectivity index (χ4v) is 3.67. The molecule has 0 unspecified atom stereocenters. The number of anilines is 1. The summed E-state index contributed by atoms with van der Waals surface area (Å²) in [7, 11) is 1.74. The molecule has 2 heterocycles.